The van der Waals surface area contributed by atoms with Crippen molar-refractivity contribution < 1.29 is 9.90 Å². The van der Waals surface area contributed by atoms with Crippen molar-refractivity contribution in [1.29, 1.82) is 0 Å². The van der Waals surface area contributed by atoms with E-state index in [0.29, 0.717) is 13.0 Å². The zero-order chi connectivity index (χ0) is 17.1. The summed E-state index contributed by atoms with van der Waals surface area (Å²) in [4.78, 5) is 18.5. The molecule has 0 radical (unpaired) electrons. The second-order valence-corrected chi connectivity index (χ2v) is 6.16. The Hall–Kier alpha value is -2.60. The molecule has 6 nitrogen and oxygen atoms in total. The number of amides is 2. The number of aliphatic hydroxyl groups excluding tert-OH is 1. The minimum absolute atomic E-state index is 0.312. The Labute approximate surface area is 141 Å². The van der Waals surface area contributed by atoms with E-state index in [-0.39, 0.29) is 12.1 Å². The molecule has 1 aliphatic carbocycles. The number of aromatic nitrogens is 1. The third-order valence-electron chi connectivity index (χ3n) is 4.17. The van der Waals surface area contributed by atoms with Crippen LogP contribution in [0.3, 0.4) is 0 Å². The number of benzene rings is 1. The molecule has 24 heavy (non-hydrogen) atoms. The Morgan fingerprint density at radius 3 is 2.83 bits per heavy atom. The topological polar surface area (TPSA) is 77.5 Å². The van der Waals surface area contributed by atoms with Crippen LogP contribution in [0.4, 0.5) is 10.6 Å². The van der Waals surface area contributed by atoms with Gasteiger partial charge in [-0.05, 0) is 23.3 Å². The molecule has 0 unspecified atom stereocenters. The molecule has 0 saturated carbocycles. The minimum atomic E-state index is -0.594. The number of nitrogens with zero attached hydrogens (tertiary/aromatic N) is 2. The molecule has 1 heterocycles. The van der Waals surface area contributed by atoms with E-state index in [1.165, 1.54) is 0 Å². The first kappa shape index (κ1) is 16.3. The lowest BCUT2D eigenvalue weighted by Crippen LogP contribution is -2.40. The fourth-order valence-corrected chi connectivity index (χ4v) is 2.93. The fraction of sp³-hybridized carbons (Fsp3) is 0.333. The molecule has 0 fully saturated rings. The van der Waals surface area contributed by atoms with Gasteiger partial charge >= 0.3 is 6.03 Å². The Morgan fingerprint density at radius 1 is 1.25 bits per heavy atom. The molecule has 2 amide bonds. The van der Waals surface area contributed by atoms with Gasteiger partial charge in [0.05, 0.1) is 24.4 Å². The van der Waals surface area contributed by atoms with Gasteiger partial charge in [-0.25, -0.2) is 9.78 Å². The molecular weight excluding hydrogens is 304 g/mol. The van der Waals surface area contributed by atoms with Crippen LogP contribution in [0.5, 0.6) is 0 Å². The van der Waals surface area contributed by atoms with Crippen LogP contribution in [0.1, 0.15) is 22.9 Å². The Kier molecular flexibility index (Phi) is 4.66. The lowest BCUT2D eigenvalue weighted by molar-refractivity contribution is 0.142. The summed E-state index contributed by atoms with van der Waals surface area (Å²) < 4.78 is 0. The van der Waals surface area contributed by atoms with Crippen LogP contribution in [0.25, 0.3) is 0 Å². The second kappa shape index (κ2) is 6.88. The van der Waals surface area contributed by atoms with Gasteiger partial charge in [0.1, 0.15) is 5.82 Å². The first-order valence-corrected chi connectivity index (χ1v) is 7.98. The predicted octanol–water partition coefficient (Wildman–Crippen LogP) is 1.61. The highest BCUT2D eigenvalue weighted by Gasteiger charge is 2.31. The van der Waals surface area contributed by atoms with Crippen molar-refractivity contribution >= 4 is 11.8 Å². The van der Waals surface area contributed by atoms with Crippen molar-refractivity contribution in [1.82, 2.24) is 15.6 Å². The smallest absolute Gasteiger partial charge is 0.315 e. The highest BCUT2D eigenvalue weighted by atomic mass is 16.3. The summed E-state index contributed by atoms with van der Waals surface area (Å²) in [5.41, 5.74) is 2.84. The lowest BCUT2D eigenvalue weighted by atomic mass is 10.1. The molecule has 1 aromatic heterocycles. The molecule has 1 aliphatic rings. The van der Waals surface area contributed by atoms with Gasteiger partial charge in [0, 0.05) is 20.5 Å². The van der Waals surface area contributed by atoms with Crippen LogP contribution in [-0.4, -0.2) is 36.3 Å². The highest BCUT2D eigenvalue weighted by molar-refractivity contribution is 5.74. The number of nitrogens with one attached hydrogen (secondary N) is 2. The van der Waals surface area contributed by atoms with E-state index in [0.717, 1.165) is 22.6 Å². The largest absolute Gasteiger partial charge is 0.390 e. The van der Waals surface area contributed by atoms with Gasteiger partial charge in [0.15, 0.2) is 0 Å². The van der Waals surface area contributed by atoms with E-state index < -0.39 is 6.10 Å². The van der Waals surface area contributed by atoms with Crippen molar-refractivity contribution in [2.45, 2.75) is 25.1 Å². The molecule has 0 bridgehead atoms. The first-order valence-electron chi connectivity index (χ1n) is 7.98. The van der Waals surface area contributed by atoms with E-state index in [2.05, 4.69) is 15.6 Å². The molecule has 6 heteroatoms. The van der Waals surface area contributed by atoms with Crippen molar-refractivity contribution in [3.8, 4) is 0 Å². The maximum absolute atomic E-state index is 12.2. The lowest BCUT2D eigenvalue weighted by Gasteiger charge is -2.18. The summed E-state index contributed by atoms with van der Waals surface area (Å²) in [6.07, 6.45) is -0.0311. The first-order chi connectivity index (χ1) is 11.5. The van der Waals surface area contributed by atoms with Crippen molar-refractivity contribution in [3.05, 3.63) is 59.3 Å². The van der Waals surface area contributed by atoms with Crippen LogP contribution in [0.15, 0.2) is 42.5 Å². The maximum Gasteiger partial charge on any atom is 0.315 e. The normalized spacial score (nSPS) is 18.8. The van der Waals surface area contributed by atoms with E-state index in [1.54, 1.807) is 0 Å². The Morgan fingerprint density at radius 2 is 2.04 bits per heavy atom. The average molecular weight is 326 g/mol. The quantitative estimate of drug-likeness (QED) is 0.798. The number of urea groups is 1. The maximum atomic E-state index is 12.2. The monoisotopic (exact) mass is 326 g/mol. The number of rotatable bonds is 4. The van der Waals surface area contributed by atoms with Crippen LogP contribution in [0.2, 0.25) is 0 Å². The molecule has 0 aliphatic heterocycles. The van der Waals surface area contributed by atoms with Gasteiger partial charge in [-0.3, -0.25) is 0 Å². The van der Waals surface area contributed by atoms with E-state index >= 15 is 0 Å². The average Bonchev–Trinajstić information content (AvgIpc) is 2.89. The number of carbonyl (C=O) groups is 1. The van der Waals surface area contributed by atoms with Crippen molar-refractivity contribution in [2.75, 3.05) is 19.0 Å². The number of pyridine rings is 1. The number of hydrogen-bond acceptors (Lipinski definition) is 4. The summed E-state index contributed by atoms with van der Waals surface area (Å²) in [7, 11) is 3.84. The molecule has 0 spiro atoms. The van der Waals surface area contributed by atoms with E-state index in [1.807, 2.05) is 61.5 Å². The molecule has 1 aromatic carbocycles. The minimum Gasteiger partial charge on any atom is -0.390 e. The van der Waals surface area contributed by atoms with Crippen LogP contribution >= 0.6 is 0 Å². The van der Waals surface area contributed by atoms with E-state index in [4.69, 9.17) is 0 Å². The number of fused-ring (bicyclic) bond motifs is 1. The highest BCUT2D eigenvalue weighted by Crippen LogP contribution is 2.31. The van der Waals surface area contributed by atoms with Gasteiger partial charge in [-0.15, -0.1) is 0 Å². The summed E-state index contributed by atoms with van der Waals surface area (Å²) in [5, 5.41) is 15.8. The summed E-state index contributed by atoms with van der Waals surface area (Å²) in [5.74, 6) is 0.842. The van der Waals surface area contributed by atoms with Crippen molar-refractivity contribution in [2.24, 2.45) is 0 Å². The molecule has 2 atom stereocenters. The van der Waals surface area contributed by atoms with Gasteiger partial charge in [0.2, 0.25) is 0 Å². The predicted molar refractivity (Wildman–Crippen MR) is 92.8 cm³/mol. The summed E-state index contributed by atoms with van der Waals surface area (Å²) in [6, 6.07) is 12.8. The Balaban J connectivity index is 1.59. The second-order valence-electron chi connectivity index (χ2n) is 6.16. The van der Waals surface area contributed by atoms with Gasteiger partial charge in [-0.2, -0.15) is 0 Å². The molecule has 126 valence electrons. The third-order valence-corrected chi connectivity index (χ3v) is 4.17. The molecule has 0 saturated heterocycles. The number of aliphatic hydroxyl groups is 1. The SMILES string of the molecule is CN(C)c1cccc(CNC(=O)N[C@@H]2c3ccccc3C[C@@H]2O)n1. The fourth-order valence-electron chi connectivity index (χ4n) is 2.93. The van der Waals surface area contributed by atoms with Crippen molar-refractivity contribution in [3.63, 3.8) is 0 Å². The summed E-state index contributed by atoms with van der Waals surface area (Å²) in [6.45, 7) is 0.331. The van der Waals surface area contributed by atoms with Gasteiger partial charge < -0.3 is 20.6 Å². The van der Waals surface area contributed by atoms with Crippen LogP contribution < -0.4 is 15.5 Å². The standard InChI is InChI=1S/C18H22N4O2/c1-22(2)16-9-5-7-13(20-16)11-19-18(24)21-17-14-8-4-3-6-12(14)10-15(17)23/h3-9,15,17,23H,10-11H2,1-2H3,(H2,19,21,24)/t15-,17+/m0/s1. The van der Waals surface area contributed by atoms with Gasteiger partial charge in [-0.1, -0.05) is 30.3 Å². The van der Waals surface area contributed by atoms with Gasteiger partial charge in [0.25, 0.3) is 0 Å². The van der Waals surface area contributed by atoms with Crippen LogP contribution in [-0.2, 0) is 13.0 Å². The third kappa shape index (κ3) is 3.49. The summed E-state index contributed by atoms with van der Waals surface area (Å²) >= 11 is 0. The number of carbonyl (C=O) groups excluding carboxylic acids is 1. The van der Waals surface area contributed by atoms with E-state index in [9.17, 15) is 9.90 Å². The Bertz CT molecular complexity index is 732. The molecule has 2 aromatic rings. The molecular formula is C18H22N4O2. The number of hydrogen-bond donors (Lipinski definition) is 3. The molecule has 3 rings (SSSR count). The number of anilines is 1. The zero-order valence-electron chi connectivity index (χ0n) is 13.9. The zero-order valence-corrected chi connectivity index (χ0v) is 13.9. The van der Waals surface area contributed by atoms with Crippen LogP contribution in [0, 0.1) is 0 Å². The molecule has 3 N–H and O–H groups in total.